The topological polar surface area (TPSA) is 46.3 Å². The fraction of sp³-hybridized carbons (Fsp3) is 0.909. The van der Waals surface area contributed by atoms with Crippen LogP contribution in [0.3, 0.4) is 0 Å². The van der Waals surface area contributed by atoms with E-state index in [-0.39, 0.29) is 11.3 Å². The van der Waals surface area contributed by atoms with E-state index in [4.69, 9.17) is 5.73 Å². The number of hydrogen-bond acceptors (Lipinski definition) is 2. The third-order valence-electron chi connectivity index (χ3n) is 3.45. The Morgan fingerprint density at radius 2 is 2.07 bits per heavy atom. The van der Waals surface area contributed by atoms with Crippen molar-refractivity contribution in [2.45, 2.75) is 39.2 Å². The maximum absolute atomic E-state index is 12.1. The first-order valence-electron chi connectivity index (χ1n) is 5.57. The van der Waals surface area contributed by atoms with Gasteiger partial charge in [0.2, 0.25) is 5.91 Å². The second kappa shape index (κ2) is 3.23. The molecule has 80 valence electrons. The molecule has 2 rings (SSSR count). The van der Waals surface area contributed by atoms with Gasteiger partial charge in [-0.05, 0) is 24.7 Å². The van der Waals surface area contributed by atoms with Crippen molar-refractivity contribution in [1.82, 2.24) is 4.90 Å². The van der Waals surface area contributed by atoms with Crippen LogP contribution >= 0.6 is 0 Å². The monoisotopic (exact) mass is 196 g/mol. The van der Waals surface area contributed by atoms with Crippen LogP contribution in [0.15, 0.2) is 0 Å². The van der Waals surface area contributed by atoms with Gasteiger partial charge in [0.05, 0.1) is 0 Å². The fourth-order valence-corrected chi connectivity index (χ4v) is 2.09. The molecule has 0 bridgehead atoms. The summed E-state index contributed by atoms with van der Waals surface area (Å²) in [5.41, 5.74) is 5.78. The summed E-state index contributed by atoms with van der Waals surface area (Å²) in [6.07, 6.45) is 3.41. The fourth-order valence-electron chi connectivity index (χ4n) is 2.09. The Morgan fingerprint density at radius 1 is 1.50 bits per heavy atom. The summed E-state index contributed by atoms with van der Waals surface area (Å²) < 4.78 is 0. The largest absolute Gasteiger partial charge is 0.338 e. The quantitative estimate of drug-likeness (QED) is 0.728. The number of carbonyl (C=O) groups is 1. The summed E-state index contributed by atoms with van der Waals surface area (Å²) in [6.45, 7) is 5.68. The first-order valence-corrected chi connectivity index (χ1v) is 5.57. The SMILES string of the molecule is CC1(C)CC1C(=O)N(CCN)C1CC1. The Labute approximate surface area is 85.6 Å². The highest BCUT2D eigenvalue weighted by Gasteiger charge is 2.53. The highest BCUT2D eigenvalue weighted by molar-refractivity contribution is 5.83. The average molecular weight is 196 g/mol. The van der Waals surface area contributed by atoms with E-state index >= 15 is 0 Å². The maximum Gasteiger partial charge on any atom is 0.226 e. The van der Waals surface area contributed by atoms with Gasteiger partial charge in [0, 0.05) is 25.0 Å². The van der Waals surface area contributed by atoms with Crippen LogP contribution in [-0.4, -0.2) is 29.9 Å². The number of nitrogens with two attached hydrogens (primary N) is 1. The van der Waals surface area contributed by atoms with Gasteiger partial charge in [-0.15, -0.1) is 0 Å². The summed E-state index contributed by atoms with van der Waals surface area (Å²) in [7, 11) is 0. The van der Waals surface area contributed by atoms with E-state index in [0.717, 1.165) is 13.0 Å². The number of hydrogen-bond donors (Lipinski definition) is 1. The lowest BCUT2D eigenvalue weighted by molar-refractivity contribution is -0.133. The molecule has 0 spiro atoms. The van der Waals surface area contributed by atoms with Gasteiger partial charge >= 0.3 is 0 Å². The van der Waals surface area contributed by atoms with E-state index in [0.29, 0.717) is 18.5 Å². The molecular formula is C11H20N2O. The van der Waals surface area contributed by atoms with Crippen molar-refractivity contribution in [2.75, 3.05) is 13.1 Å². The summed E-state index contributed by atoms with van der Waals surface area (Å²) >= 11 is 0. The second-order valence-electron chi connectivity index (χ2n) is 5.30. The first kappa shape index (κ1) is 9.97. The zero-order chi connectivity index (χ0) is 10.3. The highest BCUT2D eigenvalue weighted by Crippen LogP contribution is 2.53. The van der Waals surface area contributed by atoms with Crippen molar-refractivity contribution < 1.29 is 4.79 Å². The lowest BCUT2D eigenvalue weighted by atomic mass is 10.1. The number of amides is 1. The zero-order valence-corrected chi connectivity index (χ0v) is 9.12. The second-order valence-corrected chi connectivity index (χ2v) is 5.30. The number of rotatable bonds is 4. The molecule has 14 heavy (non-hydrogen) atoms. The third-order valence-corrected chi connectivity index (χ3v) is 3.45. The molecule has 1 unspecified atom stereocenters. The molecule has 1 atom stereocenters. The van der Waals surface area contributed by atoms with Crippen LogP contribution in [0.5, 0.6) is 0 Å². The van der Waals surface area contributed by atoms with Gasteiger partial charge in [-0.3, -0.25) is 4.79 Å². The minimum Gasteiger partial charge on any atom is -0.338 e. The molecular weight excluding hydrogens is 176 g/mol. The molecule has 0 aromatic heterocycles. The van der Waals surface area contributed by atoms with E-state index in [1.165, 1.54) is 12.8 Å². The minimum absolute atomic E-state index is 0.249. The molecule has 0 heterocycles. The van der Waals surface area contributed by atoms with Crippen LogP contribution in [0.4, 0.5) is 0 Å². The minimum atomic E-state index is 0.249. The lowest BCUT2D eigenvalue weighted by Crippen LogP contribution is -2.38. The molecule has 3 nitrogen and oxygen atoms in total. The normalized spacial score (nSPS) is 28.6. The van der Waals surface area contributed by atoms with Gasteiger partial charge in [-0.25, -0.2) is 0 Å². The predicted octanol–water partition coefficient (Wildman–Crippen LogP) is 0.982. The number of nitrogens with zero attached hydrogens (tertiary/aromatic N) is 1. The summed E-state index contributed by atoms with van der Waals surface area (Å²) in [5, 5.41) is 0. The molecule has 0 aliphatic heterocycles. The van der Waals surface area contributed by atoms with Crippen molar-refractivity contribution in [3.05, 3.63) is 0 Å². The molecule has 0 radical (unpaired) electrons. The summed E-state index contributed by atoms with van der Waals surface area (Å²) in [6, 6.07) is 0.516. The van der Waals surface area contributed by atoms with Crippen LogP contribution in [-0.2, 0) is 4.79 Å². The predicted molar refractivity (Wildman–Crippen MR) is 55.7 cm³/mol. The molecule has 0 aromatic carbocycles. The van der Waals surface area contributed by atoms with Crippen LogP contribution in [0.25, 0.3) is 0 Å². The molecule has 0 saturated heterocycles. The van der Waals surface area contributed by atoms with E-state index in [2.05, 4.69) is 13.8 Å². The van der Waals surface area contributed by atoms with E-state index < -0.39 is 0 Å². The Balaban J connectivity index is 1.94. The van der Waals surface area contributed by atoms with Crippen molar-refractivity contribution in [2.24, 2.45) is 17.1 Å². The molecule has 2 fully saturated rings. The third kappa shape index (κ3) is 1.78. The van der Waals surface area contributed by atoms with E-state index in [1.54, 1.807) is 0 Å². The van der Waals surface area contributed by atoms with Crippen LogP contribution in [0.2, 0.25) is 0 Å². The highest BCUT2D eigenvalue weighted by atomic mass is 16.2. The molecule has 2 aliphatic carbocycles. The Hall–Kier alpha value is -0.570. The van der Waals surface area contributed by atoms with Crippen molar-refractivity contribution in [3.8, 4) is 0 Å². The first-order chi connectivity index (χ1) is 6.56. The van der Waals surface area contributed by atoms with Gasteiger partial charge in [0.1, 0.15) is 0 Å². The summed E-state index contributed by atoms with van der Waals surface area (Å²) in [4.78, 5) is 14.1. The lowest BCUT2D eigenvalue weighted by Gasteiger charge is -2.22. The van der Waals surface area contributed by atoms with Gasteiger partial charge in [0.15, 0.2) is 0 Å². The zero-order valence-electron chi connectivity index (χ0n) is 9.12. The smallest absolute Gasteiger partial charge is 0.226 e. The van der Waals surface area contributed by atoms with E-state index in [1.807, 2.05) is 4.90 Å². The molecule has 2 saturated carbocycles. The standard InChI is InChI=1S/C11H20N2O/c1-11(2)7-9(11)10(14)13(6-5-12)8-3-4-8/h8-9H,3-7,12H2,1-2H3. The van der Waals surface area contributed by atoms with Crippen LogP contribution < -0.4 is 5.73 Å². The van der Waals surface area contributed by atoms with Crippen molar-refractivity contribution >= 4 is 5.91 Å². The maximum atomic E-state index is 12.1. The Kier molecular flexibility index (Phi) is 2.30. The van der Waals surface area contributed by atoms with Crippen LogP contribution in [0.1, 0.15) is 33.1 Å². The van der Waals surface area contributed by atoms with E-state index in [9.17, 15) is 4.79 Å². The van der Waals surface area contributed by atoms with Gasteiger partial charge < -0.3 is 10.6 Å². The van der Waals surface area contributed by atoms with Gasteiger partial charge in [-0.2, -0.15) is 0 Å². The average Bonchev–Trinajstić information content (AvgIpc) is 2.97. The van der Waals surface area contributed by atoms with Crippen LogP contribution in [0, 0.1) is 11.3 Å². The Bertz CT molecular complexity index is 246. The molecule has 0 aromatic rings. The molecule has 1 amide bonds. The molecule has 2 N–H and O–H groups in total. The number of carbonyl (C=O) groups excluding carboxylic acids is 1. The Morgan fingerprint density at radius 3 is 2.43 bits per heavy atom. The van der Waals surface area contributed by atoms with Gasteiger partial charge in [0.25, 0.3) is 0 Å². The van der Waals surface area contributed by atoms with Crippen molar-refractivity contribution in [3.63, 3.8) is 0 Å². The summed E-state index contributed by atoms with van der Waals surface area (Å²) in [5.74, 6) is 0.623. The molecule has 3 heteroatoms. The van der Waals surface area contributed by atoms with Crippen molar-refractivity contribution in [1.29, 1.82) is 0 Å². The molecule has 2 aliphatic rings. The van der Waals surface area contributed by atoms with Gasteiger partial charge in [-0.1, -0.05) is 13.8 Å².